The van der Waals surface area contributed by atoms with Gasteiger partial charge in [0.1, 0.15) is 0 Å². The van der Waals surface area contributed by atoms with E-state index >= 15 is 0 Å². The van der Waals surface area contributed by atoms with Crippen molar-refractivity contribution < 1.29 is 0 Å². The summed E-state index contributed by atoms with van der Waals surface area (Å²) in [5, 5.41) is 2.67. The smallest absolute Gasteiger partial charge is 0.0363 e. The molecule has 3 aromatic carbocycles. The summed E-state index contributed by atoms with van der Waals surface area (Å²) in [6.07, 6.45) is 0. The molecule has 0 fully saturated rings. The molecule has 0 saturated carbocycles. The Balaban J connectivity index is 1.65. The summed E-state index contributed by atoms with van der Waals surface area (Å²) >= 11 is 3.75. The third kappa shape index (κ3) is 2.35. The van der Waals surface area contributed by atoms with Crippen molar-refractivity contribution in [2.75, 3.05) is 0 Å². The van der Waals surface area contributed by atoms with Crippen molar-refractivity contribution in [2.24, 2.45) is 0 Å². The molecule has 0 N–H and O–H groups in total. The van der Waals surface area contributed by atoms with E-state index < -0.39 is 0 Å². The first kappa shape index (κ1) is 14.0. The summed E-state index contributed by atoms with van der Waals surface area (Å²) in [7, 11) is 0. The van der Waals surface area contributed by atoms with E-state index in [1.807, 2.05) is 22.7 Å². The molecule has 24 heavy (non-hydrogen) atoms. The molecule has 0 aliphatic rings. The zero-order valence-electron chi connectivity index (χ0n) is 12.9. The number of hydrogen-bond acceptors (Lipinski definition) is 2. The van der Waals surface area contributed by atoms with Crippen LogP contribution in [0.3, 0.4) is 0 Å². The Hall–Kier alpha value is -2.42. The molecule has 0 atom stereocenters. The molecule has 5 aromatic rings. The molecule has 0 amide bonds. The largest absolute Gasteiger partial charge is 0.135 e. The zero-order chi connectivity index (χ0) is 15.9. The van der Waals surface area contributed by atoms with Crippen LogP contribution in [0.5, 0.6) is 0 Å². The average molecular weight is 342 g/mol. The molecule has 0 aliphatic heterocycles. The highest BCUT2D eigenvalue weighted by atomic mass is 32.1. The van der Waals surface area contributed by atoms with Gasteiger partial charge in [0.25, 0.3) is 0 Å². The second-order valence-corrected chi connectivity index (χ2v) is 8.05. The molecular weight excluding hydrogens is 328 g/mol. The maximum atomic E-state index is 2.35. The third-order valence-electron chi connectivity index (χ3n) is 4.27. The number of hydrogen-bond donors (Lipinski definition) is 0. The van der Waals surface area contributed by atoms with E-state index in [4.69, 9.17) is 0 Å². The molecule has 0 saturated heterocycles. The van der Waals surface area contributed by atoms with Crippen LogP contribution < -0.4 is 0 Å². The van der Waals surface area contributed by atoms with Crippen molar-refractivity contribution in [1.29, 1.82) is 0 Å². The second-order valence-electron chi connectivity index (χ2n) is 5.88. The first-order valence-corrected chi connectivity index (χ1v) is 9.58. The van der Waals surface area contributed by atoms with Crippen LogP contribution in [0.25, 0.3) is 41.1 Å². The van der Waals surface area contributed by atoms with Crippen LogP contribution in [0.2, 0.25) is 0 Å². The van der Waals surface area contributed by atoms with Gasteiger partial charge in [-0.25, -0.2) is 0 Å². The quantitative estimate of drug-likeness (QED) is 0.312. The minimum atomic E-state index is 1.30. The lowest BCUT2D eigenvalue weighted by atomic mass is 10.1. The topological polar surface area (TPSA) is 0 Å². The van der Waals surface area contributed by atoms with Gasteiger partial charge in [-0.15, -0.1) is 22.7 Å². The average Bonchev–Trinajstić information content (AvgIpc) is 3.24. The van der Waals surface area contributed by atoms with Crippen LogP contribution in [-0.4, -0.2) is 0 Å². The Morgan fingerprint density at radius 3 is 1.38 bits per heavy atom. The molecular formula is C22H14S2. The van der Waals surface area contributed by atoms with Gasteiger partial charge in [-0.05, 0) is 46.2 Å². The first-order chi connectivity index (χ1) is 11.9. The van der Waals surface area contributed by atoms with Crippen LogP contribution in [-0.2, 0) is 0 Å². The predicted molar refractivity (Wildman–Crippen MR) is 108 cm³/mol. The molecule has 5 rings (SSSR count). The Morgan fingerprint density at radius 2 is 0.917 bits per heavy atom. The van der Waals surface area contributed by atoms with Crippen molar-refractivity contribution >= 4 is 42.8 Å². The Bertz CT molecular complexity index is 992. The van der Waals surface area contributed by atoms with Crippen molar-refractivity contribution in [3.63, 3.8) is 0 Å². The van der Waals surface area contributed by atoms with E-state index in [2.05, 4.69) is 84.9 Å². The third-order valence-corrected chi connectivity index (χ3v) is 6.57. The summed E-state index contributed by atoms with van der Waals surface area (Å²) in [5.74, 6) is 0. The van der Waals surface area contributed by atoms with Crippen LogP contribution in [0, 0.1) is 0 Å². The molecule has 2 aromatic heterocycles. The summed E-state index contributed by atoms with van der Waals surface area (Å²) in [4.78, 5) is 2.68. The van der Waals surface area contributed by atoms with E-state index in [9.17, 15) is 0 Å². The van der Waals surface area contributed by atoms with Crippen molar-refractivity contribution in [1.82, 2.24) is 0 Å². The minimum absolute atomic E-state index is 1.30. The monoisotopic (exact) mass is 342 g/mol. The van der Waals surface area contributed by atoms with E-state index in [1.165, 1.54) is 41.1 Å². The first-order valence-electron chi connectivity index (χ1n) is 7.95. The standard InChI is InChI=1S/C22H14S2/c1-3-7-15(8-4-1)19-12-17-11-18-13-20(16-9-5-2-6-10-16)24-22(18)14-21(17)23-19/h1-14H. The summed E-state index contributed by atoms with van der Waals surface area (Å²) in [6, 6.07) is 30.6. The molecule has 0 radical (unpaired) electrons. The van der Waals surface area contributed by atoms with Crippen molar-refractivity contribution in [3.8, 4) is 20.9 Å². The van der Waals surface area contributed by atoms with Gasteiger partial charge in [0, 0.05) is 19.2 Å². The van der Waals surface area contributed by atoms with Gasteiger partial charge in [0.05, 0.1) is 0 Å². The molecule has 2 heteroatoms. The highest BCUT2D eigenvalue weighted by molar-refractivity contribution is 7.24. The fraction of sp³-hybridized carbons (Fsp3) is 0. The van der Waals surface area contributed by atoms with E-state index in [0.29, 0.717) is 0 Å². The Labute approximate surface area is 148 Å². The molecule has 0 spiro atoms. The predicted octanol–water partition coefficient (Wildman–Crippen LogP) is 7.45. The van der Waals surface area contributed by atoms with Crippen molar-refractivity contribution in [3.05, 3.63) is 84.9 Å². The molecule has 0 unspecified atom stereocenters. The number of fused-ring (bicyclic) bond motifs is 2. The van der Waals surface area contributed by atoms with Gasteiger partial charge in [-0.3, -0.25) is 0 Å². The number of thiophene rings is 2. The van der Waals surface area contributed by atoms with Crippen LogP contribution in [0.4, 0.5) is 0 Å². The zero-order valence-corrected chi connectivity index (χ0v) is 14.5. The van der Waals surface area contributed by atoms with Gasteiger partial charge in [-0.2, -0.15) is 0 Å². The Morgan fingerprint density at radius 1 is 0.458 bits per heavy atom. The highest BCUT2D eigenvalue weighted by Gasteiger charge is 2.09. The lowest BCUT2D eigenvalue weighted by Crippen LogP contribution is -1.68. The van der Waals surface area contributed by atoms with Crippen LogP contribution >= 0.6 is 22.7 Å². The maximum Gasteiger partial charge on any atom is 0.0363 e. The van der Waals surface area contributed by atoms with Gasteiger partial charge in [0.15, 0.2) is 0 Å². The number of benzene rings is 3. The fourth-order valence-corrected chi connectivity index (χ4v) is 5.32. The number of rotatable bonds is 2. The summed E-state index contributed by atoms with van der Waals surface area (Å²) in [6.45, 7) is 0. The summed E-state index contributed by atoms with van der Waals surface area (Å²) in [5.41, 5.74) is 2.60. The Kier molecular flexibility index (Phi) is 3.25. The van der Waals surface area contributed by atoms with E-state index in [-0.39, 0.29) is 0 Å². The van der Waals surface area contributed by atoms with Gasteiger partial charge in [-0.1, -0.05) is 60.7 Å². The normalized spacial score (nSPS) is 11.3. The molecule has 0 aliphatic carbocycles. The molecule has 0 bridgehead atoms. The lowest BCUT2D eigenvalue weighted by Gasteiger charge is -1.94. The second kappa shape index (κ2) is 5.59. The molecule has 2 heterocycles. The van der Waals surface area contributed by atoms with Crippen LogP contribution in [0.15, 0.2) is 84.9 Å². The summed E-state index contributed by atoms with van der Waals surface area (Å²) < 4.78 is 2.73. The maximum absolute atomic E-state index is 2.35. The van der Waals surface area contributed by atoms with E-state index in [1.54, 1.807) is 0 Å². The SMILES string of the molecule is c1ccc(-c2cc3cc4cc(-c5ccccc5)sc4cc3s2)cc1. The van der Waals surface area contributed by atoms with Gasteiger partial charge in [0.2, 0.25) is 0 Å². The fourth-order valence-electron chi connectivity index (χ4n) is 3.07. The van der Waals surface area contributed by atoms with Gasteiger partial charge < -0.3 is 0 Å². The van der Waals surface area contributed by atoms with Gasteiger partial charge >= 0.3 is 0 Å². The van der Waals surface area contributed by atoms with Crippen molar-refractivity contribution in [2.45, 2.75) is 0 Å². The highest BCUT2D eigenvalue weighted by Crippen LogP contribution is 2.40. The molecule has 0 nitrogen and oxygen atoms in total. The lowest BCUT2D eigenvalue weighted by molar-refractivity contribution is 1.70. The van der Waals surface area contributed by atoms with E-state index in [0.717, 1.165) is 0 Å². The minimum Gasteiger partial charge on any atom is -0.135 e. The molecule has 114 valence electrons. The van der Waals surface area contributed by atoms with Crippen LogP contribution in [0.1, 0.15) is 0 Å².